The summed E-state index contributed by atoms with van der Waals surface area (Å²) in [6.45, 7) is 1.64. The molecule has 5 heteroatoms. The Labute approximate surface area is 101 Å². The molecule has 0 aliphatic heterocycles. The van der Waals surface area contributed by atoms with Gasteiger partial charge in [0, 0.05) is 0 Å². The molecule has 1 N–H and O–H groups in total. The molecule has 2 rings (SSSR count). The van der Waals surface area contributed by atoms with Gasteiger partial charge in [-0.1, -0.05) is 23.5 Å². The summed E-state index contributed by atoms with van der Waals surface area (Å²) < 4.78 is 18.9. The molecule has 3 nitrogen and oxygen atoms in total. The van der Waals surface area contributed by atoms with E-state index in [0.717, 1.165) is 11.3 Å². The fourth-order valence-corrected chi connectivity index (χ4v) is 2.01. The van der Waals surface area contributed by atoms with E-state index in [1.807, 2.05) is 0 Å². The van der Waals surface area contributed by atoms with Gasteiger partial charge in [0.25, 0.3) is 0 Å². The third kappa shape index (κ3) is 2.45. The molecule has 2 aromatic rings. The second kappa shape index (κ2) is 4.55. The summed E-state index contributed by atoms with van der Waals surface area (Å²) in [6.07, 6.45) is 0. The van der Waals surface area contributed by atoms with Gasteiger partial charge in [-0.3, -0.25) is 0 Å². The fourth-order valence-electron chi connectivity index (χ4n) is 1.30. The van der Waals surface area contributed by atoms with Gasteiger partial charge >= 0.3 is 5.97 Å². The predicted molar refractivity (Wildman–Crippen MR) is 62.5 cm³/mol. The Bertz CT molecular complexity index is 563. The van der Waals surface area contributed by atoms with Crippen molar-refractivity contribution in [3.8, 4) is 10.8 Å². The zero-order chi connectivity index (χ0) is 12.4. The van der Waals surface area contributed by atoms with Crippen molar-refractivity contribution < 1.29 is 19.0 Å². The second-order valence-electron chi connectivity index (χ2n) is 3.41. The molecule has 17 heavy (non-hydrogen) atoms. The molecule has 0 amide bonds. The van der Waals surface area contributed by atoms with Crippen molar-refractivity contribution >= 4 is 17.3 Å². The first-order chi connectivity index (χ1) is 8.08. The lowest BCUT2D eigenvalue weighted by atomic mass is 10.2. The molecule has 0 radical (unpaired) electrons. The lowest BCUT2D eigenvalue weighted by Gasteiger charge is -2.05. The van der Waals surface area contributed by atoms with Crippen LogP contribution in [0.1, 0.15) is 15.2 Å². The summed E-state index contributed by atoms with van der Waals surface area (Å²) in [4.78, 5) is 10.8. The smallest absolute Gasteiger partial charge is 0.345 e. The number of benzene rings is 1. The molecule has 1 aromatic carbocycles. The highest BCUT2D eigenvalue weighted by molar-refractivity contribution is 7.15. The van der Waals surface area contributed by atoms with E-state index < -0.39 is 11.8 Å². The van der Waals surface area contributed by atoms with E-state index in [1.165, 1.54) is 18.2 Å². The maximum absolute atomic E-state index is 13.6. The van der Waals surface area contributed by atoms with Crippen LogP contribution in [0.5, 0.6) is 10.8 Å². The van der Waals surface area contributed by atoms with Crippen molar-refractivity contribution in [3.63, 3.8) is 0 Å². The number of aryl methyl sites for hydroxylation is 1. The molecule has 0 bridgehead atoms. The molecule has 0 unspecified atom stereocenters. The maximum Gasteiger partial charge on any atom is 0.345 e. The average molecular weight is 252 g/mol. The quantitative estimate of drug-likeness (QED) is 0.906. The molecular weight excluding hydrogens is 243 g/mol. The van der Waals surface area contributed by atoms with Crippen molar-refractivity contribution in [3.05, 3.63) is 46.6 Å². The van der Waals surface area contributed by atoms with Crippen LogP contribution in [0.2, 0.25) is 0 Å². The summed E-state index contributed by atoms with van der Waals surface area (Å²) in [5, 5.41) is 9.10. The van der Waals surface area contributed by atoms with Crippen molar-refractivity contribution in [1.82, 2.24) is 0 Å². The third-order valence-electron chi connectivity index (χ3n) is 2.16. The van der Waals surface area contributed by atoms with Crippen LogP contribution in [0.3, 0.4) is 0 Å². The molecule has 0 aliphatic carbocycles. The average Bonchev–Trinajstić information content (AvgIpc) is 2.73. The number of carboxylic acids is 1. The van der Waals surface area contributed by atoms with Crippen molar-refractivity contribution in [2.75, 3.05) is 0 Å². The molecule has 0 atom stereocenters. The van der Waals surface area contributed by atoms with Gasteiger partial charge in [-0.25, -0.2) is 9.18 Å². The number of halogens is 1. The molecule has 88 valence electrons. The van der Waals surface area contributed by atoms with Gasteiger partial charge in [0.05, 0.1) is 0 Å². The van der Waals surface area contributed by atoms with E-state index in [9.17, 15) is 9.18 Å². The first-order valence-corrected chi connectivity index (χ1v) is 5.65. The van der Waals surface area contributed by atoms with Crippen LogP contribution >= 0.6 is 11.3 Å². The third-order valence-corrected chi connectivity index (χ3v) is 3.11. The van der Waals surface area contributed by atoms with Gasteiger partial charge in [-0.2, -0.15) is 0 Å². The van der Waals surface area contributed by atoms with E-state index in [-0.39, 0.29) is 10.6 Å². The number of thiophene rings is 1. The Morgan fingerprint density at radius 2 is 2.12 bits per heavy atom. The molecule has 0 saturated carbocycles. The van der Waals surface area contributed by atoms with Crippen LogP contribution in [-0.2, 0) is 0 Å². The largest absolute Gasteiger partial charge is 0.477 e. The SMILES string of the molecule is Cc1cccc(Oc2ccc(C(=O)O)s2)c1F. The lowest BCUT2D eigenvalue weighted by molar-refractivity contribution is 0.0702. The minimum Gasteiger partial charge on any atom is -0.477 e. The van der Waals surface area contributed by atoms with Crippen LogP contribution in [0.15, 0.2) is 30.3 Å². The summed E-state index contributed by atoms with van der Waals surface area (Å²) in [5.41, 5.74) is 0.484. The maximum atomic E-state index is 13.6. The van der Waals surface area contributed by atoms with Crippen LogP contribution in [0.25, 0.3) is 0 Å². The Morgan fingerprint density at radius 1 is 1.35 bits per heavy atom. The number of hydrogen-bond acceptors (Lipinski definition) is 3. The molecule has 0 saturated heterocycles. The lowest BCUT2D eigenvalue weighted by Crippen LogP contribution is -1.90. The van der Waals surface area contributed by atoms with Gasteiger partial charge in [0.15, 0.2) is 16.6 Å². The van der Waals surface area contributed by atoms with Crippen LogP contribution < -0.4 is 4.74 Å². The van der Waals surface area contributed by atoms with Gasteiger partial charge in [-0.05, 0) is 30.7 Å². The van der Waals surface area contributed by atoms with E-state index >= 15 is 0 Å². The van der Waals surface area contributed by atoms with Gasteiger partial charge in [0.1, 0.15) is 4.88 Å². The zero-order valence-electron chi connectivity index (χ0n) is 8.94. The fraction of sp³-hybridized carbons (Fsp3) is 0.0833. The highest BCUT2D eigenvalue weighted by Crippen LogP contribution is 2.31. The topological polar surface area (TPSA) is 46.5 Å². The van der Waals surface area contributed by atoms with Crippen molar-refractivity contribution in [1.29, 1.82) is 0 Å². The van der Waals surface area contributed by atoms with E-state index in [1.54, 1.807) is 19.1 Å². The Morgan fingerprint density at radius 3 is 2.76 bits per heavy atom. The minimum atomic E-state index is -1.02. The van der Waals surface area contributed by atoms with Crippen molar-refractivity contribution in [2.45, 2.75) is 6.92 Å². The Hall–Kier alpha value is -1.88. The highest BCUT2D eigenvalue weighted by Gasteiger charge is 2.11. The molecule has 1 heterocycles. The minimum absolute atomic E-state index is 0.101. The monoisotopic (exact) mass is 252 g/mol. The van der Waals surface area contributed by atoms with Gasteiger partial charge in [0.2, 0.25) is 0 Å². The first-order valence-electron chi connectivity index (χ1n) is 4.84. The number of carboxylic acid groups (broad SMARTS) is 1. The predicted octanol–water partition coefficient (Wildman–Crippen LogP) is 3.69. The number of rotatable bonds is 3. The van der Waals surface area contributed by atoms with Gasteiger partial charge < -0.3 is 9.84 Å². The van der Waals surface area contributed by atoms with Crippen LogP contribution in [0, 0.1) is 12.7 Å². The molecule has 0 spiro atoms. The van der Waals surface area contributed by atoms with E-state index in [4.69, 9.17) is 9.84 Å². The zero-order valence-corrected chi connectivity index (χ0v) is 9.75. The Kier molecular flexibility index (Phi) is 3.10. The summed E-state index contributed by atoms with van der Waals surface area (Å²) in [7, 11) is 0. The molecule has 0 fully saturated rings. The summed E-state index contributed by atoms with van der Waals surface area (Å²) in [5.74, 6) is -1.35. The van der Waals surface area contributed by atoms with E-state index in [0.29, 0.717) is 10.6 Å². The molecule has 1 aromatic heterocycles. The summed E-state index contributed by atoms with van der Waals surface area (Å²) >= 11 is 0.962. The number of hydrogen-bond donors (Lipinski definition) is 1. The number of carbonyl (C=O) groups is 1. The molecule has 0 aliphatic rings. The first kappa shape index (κ1) is 11.6. The van der Waals surface area contributed by atoms with E-state index in [2.05, 4.69) is 0 Å². The number of ether oxygens (including phenoxy) is 1. The van der Waals surface area contributed by atoms with Crippen molar-refractivity contribution in [2.24, 2.45) is 0 Å². The van der Waals surface area contributed by atoms with Crippen LogP contribution in [-0.4, -0.2) is 11.1 Å². The van der Waals surface area contributed by atoms with Gasteiger partial charge in [-0.15, -0.1) is 0 Å². The highest BCUT2D eigenvalue weighted by atomic mass is 32.1. The summed E-state index contributed by atoms with van der Waals surface area (Å²) in [6, 6.07) is 7.76. The second-order valence-corrected chi connectivity index (χ2v) is 4.46. The Balaban J connectivity index is 2.25. The molecular formula is C12H9FO3S. The van der Waals surface area contributed by atoms with Crippen LogP contribution in [0.4, 0.5) is 4.39 Å². The number of aromatic carboxylic acids is 1. The normalized spacial score (nSPS) is 10.2. The standard InChI is InChI=1S/C12H9FO3S/c1-7-3-2-4-8(11(7)13)16-10-6-5-9(17-10)12(14)15/h2-6H,1H3,(H,14,15).